The highest BCUT2D eigenvalue weighted by Crippen LogP contribution is 2.07. The first-order valence-electron chi connectivity index (χ1n) is 3.60. The molecule has 0 amide bonds. The van der Waals surface area contributed by atoms with Crippen LogP contribution in [0.1, 0.15) is 6.92 Å². The van der Waals surface area contributed by atoms with Crippen LogP contribution in [0.2, 0.25) is 0 Å². The summed E-state index contributed by atoms with van der Waals surface area (Å²) in [6, 6.07) is 0. The van der Waals surface area contributed by atoms with Gasteiger partial charge in [0.15, 0.2) is 0 Å². The van der Waals surface area contributed by atoms with Gasteiger partial charge in [-0.25, -0.2) is 0 Å². The average molecular weight is 218 g/mol. The van der Waals surface area contributed by atoms with Crippen LogP contribution in [-0.4, -0.2) is 16.3 Å². The molecule has 11 heavy (non-hydrogen) atoms. The summed E-state index contributed by atoms with van der Waals surface area (Å²) in [5.41, 5.74) is 5.47. The molecule has 0 aromatic carbocycles. The maximum Gasteiger partial charge on any atom is 0.0632 e. The largest absolute Gasteiger partial charge is 0.330 e. The molecule has 0 fully saturated rings. The molecule has 0 saturated heterocycles. The van der Waals surface area contributed by atoms with Crippen LogP contribution in [0, 0.1) is 5.92 Å². The normalized spacial score (nSPS) is 13.4. The highest BCUT2D eigenvalue weighted by atomic mass is 79.9. The summed E-state index contributed by atoms with van der Waals surface area (Å²) in [7, 11) is 0. The van der Waals surface area contributed by atoms with E-state index in [4.69, 9.17) is 5.73 Å². The summed E-state index contributed by atoms with van der Waals surface area (Å²) in [5.74, 6) is 0.488. The Morgan fingerprint density at radius 1 is 1.82 bits per heavy atom. The van der Waals surface area contributed by atoms with Gasteiger partial charge in [0.1, 0.15) is 0 Å². The SMILES string of the molecule is C[C@H](CN)Cn1cc(Br)cn1. The van der Waals surface area contributed by atoms with E-state index < -0.39 is 0 Å². The highest BCUT2D eigenvalue weighted by Gasteiger charge is 2.00. The number of hydrogen-bond donors (Lipinski definition) is 1. The molecule has 62 valence electrons. The van der Waals surface area contributed by atoms with E-state index in [-0.39, 0.29) is 0 Å². The third-order valence-electron chi connectivity index (χ3n) is 1.50. The van der Waals surface area contributed by atoms with E-state index >= 15 is 0 Å². The molecule has 2 N–H and O–H groups in total. The summed E-state index contributed by atoms with van der Waals surface area (Å²) >= 11 is 3.33. The van der Waals surface area contributed by atoms with Gasteiger partial charge in [0.2, 0.25) is 0 Å². The van der Waals surface area contributed by atoms with Crippen LogP contribution in [0.4, 0.5) is 0 Å². The number of nitrogens with zero attached hydrogens (tertiary/aromatic N) is 2. The maximum atomic E-state index is 5.47. The lowest BCUT2D eigenvalue weighted by Crippen LogP contribution is -2.17. The molecule has 0 radical (unpaired) electrons. The number of rotatable bonds is 3. The Morgan fingerprint density at radius 3 is 3.00 bits per heavy atom. The molecule has 1 heterocycles. The standard InChI is InChI=1S/C7H12BrN3/c1-6(2-9)4-11-5-7(8)3-10-11/h3,5-6H,2,4,9H2,1H3/t6-/m1/s1. The van der Waals surface area contributed by atoms with Gasteiger partial charge in [-0.15, -0.1) is 0 Å². The van der Waals surface area contributed by atoms with Crippen LogP contribution in [0.15, 0.2) is 16.9 Å². The van der Waals surface area contributed by atoms with Crippen molar-refractivity contribution in [1.82, 2.24) is 9.78 Å². The Bertz CT molecular complexity index is 221. The lowest BCUT2D eigenvalue weighted by molar-refractivity contribution is 0.458. The zero-order valence-electron chi connectivity index (χ0n) is 6.50. The first kappa shape index (κ1) is 8.74. The van der Waals surface area contributed by atoms with E-state index in [1.54, 1.807) is 6.20 Å². The van der Waals surface area contributed by atoms with E-state index in [0.717, 1.165) is 11.0 Å². The van der Waals surface area contributed by atoms with Crippen LogP contribution >= 0.6 is 15.9 Å². The molecule has 0 unspecified atom stereocenters. The number of hydrogen-bond acceptors (Lipinski definition) is 2. The molecular weight excluding hydrogens is 206 g/mol. The molecular formula is C7H12BrN3. The predicted molar refractivity (Wildman–Crippen MR) is 48.1 cm³/mol. The molecule has 0 bridgehead atoms. The number of aromatic nitrogens is 2. The molecule has 0 aliphatic heterocycles. The van der Waals surface area contributed by atoms with Gasteiger partial charge in [-0.3, -0.25) is 4.68 Å². The van der Waals surface area contributed by atoms with Gasteiger partial charge in [-0.2, -0.15) is 5.10 Å². The Labute approximate surface area is 74.7 Å². The van der Waals surface area contributed by atoms with Crippen molar-refractivity contribution in [1.29, 1.82) is 0 Å². The summed E-state index contributed by atoms with van der Waals surface area (Å²) in [6.07, 6.45) is 3.73. The smallest absolute Gasteiger partial charge is 0.0632 e. The monoisotopic (exact) mass is 217 g/mol. The van der Waals surface area contributed by atoms with E-state index in [1.807, 2.05) is 10.9 Å². The van der Waals surface area contributed by atoms with Crippen molar-refractivity contribution in [3.63, 3.8) is 0 Å². The molecule has 3 nitrogen and oxygen atoms in total. The molecule has 0 saturated carbocycles. The van der Waals surface area contributed by atoms with Crippen LogP contribution < -0.4 is 5.73 Å². The summed E-state index contributed by atoms with van der Waals surface area (Å²) in [4.78, 5) is 0. The third-order valence-corrected chi connectivity index (χ3v) is 1.91. The minimum atomic E-state index is 0.488. The Morgan fingerprint density at radius 2 is 2.55 bits per heavy atom. The van der Waals surface area contributed by atoms with Crippen LogP contribution in [0.5, 0.6) is 0 Å². The van der Waals surface area contributed by atoms with E-state index in [1.165, 1.54) is 0 Å². The predicted octanol–water partition coefficient (Wildman–Crippen LogP) is 1.24. The van der Waals surface area contributed by atoms with Crippen LogP contribution in [-0.2, 0) is 6.54 Å². The molecule has 0 aliphatic rings. The topological polar surface area (TPSA) is 43.8 Å². The molecule has 0 aliphatic carbocycles. The second-order valence-electron chi connectivity index (χ2n) is 2.72. The Balaban J connectivity index is 2.50. The molecule has 4 heteroatoms. The van der Waals surface area contributed by atoms with E-state index in [2.05, 4.69) is 28.0 Å². The van der Waals surface area contributed by atoms with Crippen molar-refractivity contribution in [3.05, 3.63) is 16.9 Å². The van der Waals surface area contributed by atoms with Crippen molar-refractivity contribution >= 4 is 15.9 Å². The first-order chi connectivity index (χ1) is 5.22. The third kappa shape index (κ3) is 2.63. The first-order valence-corrected chi connectivity index (χ1v) is 4.39. The van der Waals surface area contributed by atoms with Gasteiger partial charge in [-0.1, -0.05) is 6.92 Å². The second kappa shape index (κ2) is 3.88. The van der Waals surface area contributed by atoms with Crippen LogP contribution in [0.3, 0.4) is 0 Å². The Kier molecular flexibility index (Phi) is 3.08. The van der Waals surface area contributed by atoms with Gasteiger partial charge in [0.05, 0.1) is 10.7 Å². The maximum absolute atomic E-state index is 5.47. The minimum absolute atomic E-state index is 0.488. The molecule has 1 aromatic rings. The fourth-order valence-corrected chi connectivity index (χ4v) is 1.16. The van der Waals surface area contributed by atoms with Gasteiger partial charge in [0.25, 0.3) is 0 Å². The summed E-state index contributed by atoms with van der Waals surface area (Å²) in [5, 5.41) is 4.12. The van der Waals surface area contributed by atoms with Crippen molar-refractivity contribution in [2.45, 2.75) is 13.5 Å². The fourth-order valence-electron chi connectivity index (χ4n) is 0.832. The summed E-state index contributed by atoms with van der Waals surface area (Å²) < 4.78 is 2.91. The molecule has 1 rings (SSSR count). The summed E-state index contributed by atoms with van der Waals surface area (Å²) in [6.45, 7) is 3.70. The minimum Gasteiger partial charge on any atom is -0.330 e. The fraction of sp³-hybridized carbons (Fsp3) is 0.571. The molecule has 0 spiro atoms. The zero-order valence-corrected chi connectivity index (χ0v) is 8.08. The molecule has 1 atom stereocenters. The lowest BCUT2D eigenvalue weighted by Gasteiger charge is -2.06. The number of halogens is 1. The lowest BCUT2D eigenvalue weighted by atomic mass is 10.2. The Hall–Kier alpha value is -0.350. The quantitative estimate of drug-likeness (QED) is 0.829. The van der Waals surface area contributed by atoms with Crippen molar-refractivity contribution in [3.8, 4) is 0 Å². The zero-order chi connectivity index (χ0) is 8.27. The van der Waals surface area contributed by atoms with Gasteiger partial charge in [0, 0.05) is 12.7 Å². The van der Waals surface area contributed by atoms with Crippen molar-refractivity contribution in [2.24, 2.45) is 11.7 Å². The highest BCUT2D eigenvalue weighted by molar-refractivity contribution is 9.10. The van der Waals surface area contributed by atoms with Gasteiger partial charge in [-0.05, 0) is 28.4 Å². The average Bonchev–Trinajstić information content (AvgIpc) is 2.35. The van der Waals surface area contributed by atoms with Crippen molar-refractivity contribution in [2.75, 3.05) is 6.54 Å². The van der Waals surface area contributed by atoms with Crippen LogP contribution in [0.25, 0.3) is 0 Å². The van der Waals surface area contributed by atoms with E-state index in [9.17, 15) is 0 Å². The van der Waals surface area contributed by atoms with Crippen molar-refractivity contribution < 1.29 is 0 Å². The van der Waals surface area contributed by atoms with Gasteiger partial charge < -0.3 is 5.73 Å². The second-order valence-corrected chi connectivity index (χ2v) is 3.64. The van der Waals surface area contributed by atoms with Gasteiger partial charge >= 0.3 is 0 Å². The number of nitrogens with two attached hydrogens (primary N) is 1. The van der Waals surface area contributed by atoms with E-state index in [0.29, 0.717) is 12.5 Å². The molecule has 1 aromatic heterocycles.